The molecule has 2 saturated carbocycles. The third-order valence-corrected chi connectivity index (χ3v) is 11.6. The molecule has 0 radical (unpaired) electrons. The van der Waals surface area contributed by atoms with Crippen LogP contribution in [0.5, 0.6) is 0 Å². The summed E-state index contributed by atoms with van der Waals surface area (Å²) in [6, 6.07) is 5.89. The van der Waals surface area contributed by atoms with Gasteiger partial charge in [-0.05, 0) is 68.2 Å². The summed E-state index contributed by atoms with van der Waals surface area (Å²) < 4.78 is 55.9. The average molecular weight is 469 g/mol. The van der Waals surface area contributed by atoms with Crippen LogP contribution in [0.2, 0.25) is 0 Å². The molecule has 4 rings (SSSR count). The second-order valence-corrected chi connectivity index (χ2v) is 13.7. The number of sulfonamides is 2. The van der Waals surface area contributed by atoms with Gasteiger partial charge in [0.15, 0.2) is 0 Å². The molecule has 0 bridgehead atoms. The van der Waals surface area contributed by atoms with Crippen LogP contribution in [0.3, 0.4) is 0 Å². The molecule has 2 aliphatic carbocycles. The van der Waals surface area contributed by atoms with E-state index in [1.807, 2.05) is 0 Å². The third kappa shape index (κ3) is 4.72. The van der Waals surface area contributed by atoms with Gasteiger partial charge in [-0.15, -0.1) is 0 Å². The van der Waals surface area contributed by atoms with E-state index in [1.54, 1.807) is 11.4 Å². The molecular formula is C23H36N2O4S2. The van der Waals surface area contributed by atoms with Crippen LogP contribution in [-0.2, 0) is 20.0 Å². The summed E-state index contributed by atoms with van der Waals surface area (Å²) in [4.78, 5) is 0.363. The quantitative estimate of drug-likeness (QED) is 0.643. The lowest BCUT2D eigenvalue weighted by molar-refractivity contribution is 0.0965. The van der Waals surface area contributed by atoms with Crippen LogP contribution in [0.25, 0.3) is 0 Å². The summed E-state index contributed by atoms with van der Waals surface area (Å²) >= 11 is 0. The number of hydrogen-bond acceptors (Lipinski definition) is 4. The lowest BCUT2D eigenvalue weighted by Gasteiger charge is -2.44. The minimum atomic E-state index is -3.62. The molecule has 0 N–H and O–H groups in total. The normalized spacial score (nSPS) is 23.9. The summed E-state index contributed by atoms with van der Waals surface area (Å²) in [6.45, 7) is 1.15. The van der Waals surface area contributed by atoms with Gasteiger partial charge in [0.25, 0.3) is 0 Å². The number of rotatable bonds is 5. The van der Waals surface area contributed by atoms with E-state index in [0.29, 0.717) is 13.1 Å². The van der Waals surface area contributed by atoms with Crippen molar-refractivity contribution in [1.29, 1.82) is 0 Å². The standard InChI is InChI=1S/C23H36N2O4S2/c1-24(20-9-4-2-5-10-20)30(26,27)21-11-13-22(14-12-21)31(28,29)25-18-8-17-23(19-25)15-6-3-7-16-23/h11-14,20H,2-10,15-19H2,1H3. The van der Waals surface area contributed by atoms with Gasteiger partial charge < -0.3 is 0 Å². The van der Waals surface area contributed by atoms with Gasteiger partial charge in [-0.1, -0.05) is 38.5 Å². The highest BCUT2D eigenvalue weighted by Gasteiger charge is 2.40. The Balaban J connectivity index is 1.51. The molecule has 1 aromatic rings. The van der Waals surface area contributed by atoms with E-state index < -0.39 is 20.0 Å². The van der Waals surface area contributed by atoms with Gasteiger partial charge in [-0.25, -0.2) is 16.8 Å². The smallest absolute Gasteiger partial charge is 0.207 e. The molecule has 0 unspecified atom stereocenters. The zero-order chi connectivity index (χ0) is 22.1. The van der Waals surface area contributed by atoms with Gasteiger partial charge in [0.2, 0.25) is 20.0 Å². The molecule has 3 aliphatic rings. The number of benzene rings is 1. The number of hydrogen-bond donors (Lipinski definition) is 0. The molecule has 0 aromatic heterocycles. The Hall–Kier alpha value is -0.960. The van der Waals surface area contributed by atoms with Crippen LogP contribution in [0.15, 0.2) is 34.1 Å². The predicted octanol–water partition coefficient (Wildman–Crippen LogP) is 4.37. The molecular weight excluding hydrogens is 432 g/mol. The van der Waals surface area contributed by atoms with Gasteiger partial charge in [0.05, 0.1) is 9.79 Å². The Bertz CT molecular complexity index is 956. The Morgan fingerprint density at radius 1 is 0.806 bits per heavy atom. The minimum Gasteiger partial charge on any atom is -0.207 e. The van der Waals surface area contributed by atoms with Crippen molar-refractivity contribution < 1.29 is 16.8 Å². The lowest BCUT2D eigenvalue weighted by atomic mass is 9.70. The number of nitrogens with zero attached hydrogens (tertiary/aromatic N) is 2. The fourth-order valence-electron chi connectivity index (χ4n) is 5.82. The predicted molar refractivity (Wildman–Crippen MR) is 122 cm³/mol. The van der Waals surface area contributed by atoms with E-state index in [-0.39, 0.29) is 21.2 Å². The first kappa shape index (κ1) is 23.2. The summed E-state index contributed by atoms with van der Waals surface area (Å²) in [6.07, 6.45) is 12.9. The zero-order valence-electron chi connectivity index (χ0n) is 18.6. The van der Waals surface area contributed by atoms with E-state index in [2.05, 4.69) is 0 Å². The van der Waals surface area contributed by atoms with Gasteiger partial charge in [0.1, 0.15) is 0 Å². The lowest BCUT2D eigenvalue weighted by Crippen LogP contribution is -2.46. The van der Waals surface area contributed by atoms with Crippen LogP contribution < -0.4 is 0 Å². The molecule has 1 saturated heterocycles. The molecule has 1 aliphatic heterocycles. The first-order chi connectivity index (χ1) is 14.7. The minimum absolute atomic E-state index is 0.0298. The Morgan fingerprint density at radius 2 is 1.35 bits per heavy atom. The van der Waals surface area contributed by atoms with Crippen molar-refractivity contribution in [2.45, 2.75) is 92.9 Å². The van der Waals surface area contributed by atoms with E-state index >= 15 is 0 Å². The van der Waals surface area contributed by atoms with E-state index in [4.69, 9.17) is 0 Å². The first-order valence-corrected chi connectivity index (χ1v) is 14.7. The topological polar surface area (TPSA) is 74.8 Å². The highest BCUT2D eigenvalue weighted by Crippen LogP contribution is 2.44. The maximum Gasteiger partial charge on any atom is 0.243 e. The molecule has 3 fully saturated rings. The summed E-state index contributed by atoms with van der Waals surface area (Å²) in [5, 5.41) is 0. The average Bonchev–Trinajstić information content (AvgIpc) is 2.80. The Morgan fingerprint density at radius 3 is 2.00 bits per heavy atom. The number of piperidine rings is 1. The highest BCUT2D eigenvalue weighted by atomic mass is 32.2. The maximum atomic E-state index is 13.3. The molecule has 1 heterocycles. The molecule has 8 heteroatoms. The maximum absolute atomic E-state index is 13.3. The fraction of sp³-hybridized carbons (Fsp3) is 0.739. The van der Waals surface area contributed by atoms with Gasteiger partial charge in [-0.2, -0.15) is 8.61 Å². The first-order valence-electron chi connectivity index (χ1n) is 11.8. The van der Waals surface area contributed by atoms with Gasteiger partial charge >= 0.3 is 0 Å². The highest BCUT2D eigenvalue weighted by molar-refractivity contribution is 7.89. The molecule has 0 atom stereocenters. The Kier molecular flexibility index (Phi) is 6.83. The summed E-state index contributed by atoms with van der Waals surface area (Å²) in [5.41, 5.74) is 0.134. The van der Waals surface area contributed by atoms with E-state index in [9.17, 15) is 16.8 Å². The summed E-state index contributed by atoms with van der Waals surface area (Å²) in [7, 11) is -5.59. The van der Waals surface area contributed by atoms with Crippen molar-refractivity contribution in [2.75, 3.05) is 20.1 Å². The van der Waals surface area contributed by atoms with Crippen molar-refractivity contribution in [3.63, 3.8) is 0 Å². The SMILES string of the molecule is CN(C1CCCCC1)S(=O)(=O)c1ccc(S(=O)(=O)N2CCCC3(CCCCC3)C2)cc1. The fourth-order valence-corrected chi connectivity index (χ4v) is 8.82. The molecule has 174 valence electrons. The van der Waals surface area contributed by atoms with E-state index in [0.717, 1.165) is 57.8 Å². The van der Waals surface area contributed by atoms with Crippen LogP contribution in [0.1, 0.15) is 77.0 Å². The van der Waals surface area contributed by atoms with Gasteiger partial charge in [-0.3, -0.25) is 0 Å². The van der Waals surface area contributed by atoms with Crippen molar-refractivity contribution in [1.82, 2.24) is 8.61 Å². The van der Waals surface area contributed by atoms with Crippen LogP contribution in [0, 0.1) is 5.41 Å². The Labute approximate surface area is 188 Å². The van der Waals surface area contributed by atoms with Crippen molar-refractivity contribution >= 4 is 20.0 Å². The van der Waals surface area contributed by atoms with Crippen molar-refractivity contribution in [2.24, 2.45) is 5.41 Å². The molecule has 1 spiro atoms. The van der Waals surface area contributed by atoms with E-state index in [1.165, 1.54) is 47.8 Å². The second kappa shape index (κ2) is 9.12. The van der Waals surface area contributed by atoms with Crippen LogP contribution in [-0.4, -0.2) is 51.6 Å². The largest absolute Gasteiger partial charge is 0.243 e. The van der Waals surface area contributed by atoms with Crippen molar-refractivity contribution in [3.05, 3.63) is 24.3 Å². The molecule has 31 heavy (non-hydrogen) atoms. The monoisotopic (exact) mass is 468 g/mol. The van der Waals surface area contributed by atoms with Crippen LogP contribution in [0.4, 0.5) is 0 Å². The molecule has 1 aromatic carbocycles. The molecule has 0 amide bonds. The third-order valence-electron chi connectivity index (χ3n) is 7.77. The zero-order valence-corrected chi connectivity index (χ0v) is 20.3. The summed E-state index contributed by atoms with van der Waals surface area (Å²) in [5.74, 6) is 0. The van der Waals surface area contributed by atoms with Crippen LogP contribution >= 0.6 is 0 Å². The van der Waals surface area contributed by atoms with Crippen molar-refractivity contribution in [3.8, 4) is 0 Å². The molecule has 6 nitrogen and oxygen atoms in total. The van der Waals surface area contributed by atoms with Gasteiger partial charge in [0, 0.05) is 26.2 Å². The second-order valence-electron chi connectivity index (χ2n) is 9.79.